The van der Waals surface area contributed by atoms with Gasteiger partial charge in [0.2, 0.25) is 0 Å². The second-order valence-corrected chi connectivity index (χ2v) is 7.74. The Morgan fingerprint density at radius 1 is 0.971 bits per heavy atom. The van der Waals surface area contributed by atoms with Crippen molar-refractivity contribution < 1.29 is 14.3 Å². The van der Waals surface area contributed by atoms with Crippen LogP contribution in [0.15, 0.2) is 89.7 Å². The highest BCUT2D eigenvalue weighted by molar-refractivity contribution is 6.31. The lowest BCUT2D eigenvalue weighted by Crippen LogP contribution is -2.26. The molecule has 4 aromatic rings. The topological polar surface area (TPSA) is 82.5 Å². The summed E-state index contributed by atoms with van der Waals surface area (Å²) in [5.74, 6) is 1.20. The lowest BCUT2D eigenvalue weighted by molar-refractivity contribution is 0.101. The highest BCUT2D eigenvalue weighted by Crippen LogP contribution is 2.33. The van der Waals surface area contributed by atoms with Crippen LogP contribution in [0.5, 0.6) is 17.2 Å². The van der Waals surface area contributed by atoms with Gasteiger partial charge in [-0.05, 0) is 61.0 Å². The van der Waals surface area contributed by atoms with E-state index in [1.165, 1.54) is 16.8 Å². The molecule has 0 spiro atoms. The summed E-state index contributed by atoms with van der Waals surface area (Å²) in [7, 11) is 0. The molecule has 0 saturated heterocycles. The molecule has 0 bridgehead atoms. The Hall–Kier alpha value is -4.10. The number of nitrogens with one attached hydrogen (secondary N) is 1. The van der Waals surface area contributed by atoms with E-state index < -0.39 is 5.91 Å². The molecule has 0 fully saturated rings. The molecule has 1 aromatic heterocycles. The first kappa shape index (κ1) is 23.1. The maximum Gasteiger partial charge on any atom is 0.276 e. The van der Waals surface area contributed by atoms with E-state index in [2.05, 4.69) is 10.4 Å². The van der Waals surface area contributed by atoms with Gasteiger partial charge in [0.1, 0.15) is 17.2 Å². The van der Waals surface area contributed by atoms with Crippen molar-refractivity contribution in [3.8, 4) is 17.2 Å². The summed E-state index contributed by atoms with van der Waals surface area (Å²) in [6, 6.07) is 24.2. The first-order chi connectivity index (χ1) is 16.5. The van der Waals surface area contributed by atoms with Crippen molar-refractivity contribution in [2.24, 2.45) is 0 Å². The van der Waals surface area contributed by atoms with E-state index in [-0.39, 0.29) is 17.8 Å². The molecular formula is C26H22ClN3O4. The van der Waals surface area contributed by atoms with Gasteiger partial charge in [-0.1, -0.05) is 41.9 Å². The second kappa shape index (κ2) is 10.7. The zero-order valence-corrected chi connectivity index (χ0v) is 19.2. The smallest absolute Gasteiger partial charge is 0.276 e. The second-order valence-electron chi connectivity index (χ2n) is 7.30. The van der Waals surface area contributed by atoms with Crippen LogP contribution >= 0.6 is 11.6 Å². The molecule has 1 N–H and O–H groups in total. The van der Waals surface area contributed by atoms with Gasteiger partial charge < -0.3 is 14.8 Å². The fourth-order valence-electron chi connectivity index (χ4n) is 3.21. The quantitative estimate of drug-likeness (QED) is 0.369. The predicted molar refractivity (Wildman–Crippen MR) is 131 cm³/mol. The number of anilines is 1. The molecule has 0 saturated carbocycles. The van der Waals surface area contributed by atoms with Crippen molar-refractivity contribution in [2.75, 3.05) is 11.9 Å². The Labute approximate surface area is 201 Å². The van der Waals surface area contributed by atoms with Gasteiger partial charge in [0.25, 0.3) is 11.5 Å². The van der Waals surface area contributed by atoms with Gasteiger partial charge in [0, 0.05) is 11.1 Å². The lowest BCUT2D eigenvalue weighted by Gasteiger charge is -2.13. The number of benzene rings is 3. The van der Waals surface area contributed by atoms with Crippen LogP contribution in [-0.4, -0.2) is 22.3 Å². The summed E-state index contributed by atoms with van der Waals surface area (Å²) in [5.41, 5.74) is 1.05. The van der Waals surface area contributed by atoms with Crippen LogP contribution in [0.3, 0.4) is 0 Å². The standard InChI is InChI=1S/C26H22ClN3O4/c1-2-33-20-9-11-21(12-10-20)34-24-14-8-19(27)16-23(24)28-26(32)22-13-15-25(31)30(29-22)17-18-6-4-3-5-7-18/h3-16H,2,17H2,1H3,(H,28,32). The number of aromatic nitrogens is 2. The molecule has 0 aliphatic heterocycles. The van der Waals surface area contributed by atoms with Crippen molar-refractivity contribution >= 4 is 23.2 Å². The lowest BCUT2D eigenvalue weighted by atomic mass is 10.2. The maximum atomic E-state index is 13.0. The average molecular weight is 476 g/mol. The van der Waals surface area contributed by atoms with E-state index in [0.717, 1.165) is 11.3 Å². The summed E-state index contributed by atoms with van der Waals surface area (Å²) in [6.07, 6.45) is 0. The number of nitrogens with zero attached hydrogens (tertiary/aromatic N) is 2. The normalized spacial score (nSPS) is 10.5. The van der Waals surface area contributed by atoms with Gasteiger partial charge in [-0.25, -0.2) is 4.68 Å². The van der Waals surface area contributed by atoms with Crippen molar-refractivity contribution in [3.05, 3.63) is 112 Å². The number of hydrogen-bond donors (Lipinski definition) is 1. The molecule has 0 radical (unpaired) electrons. The number of hydrogen-bond acceptors (Lipinski definition) is 5. The Bertz CT molecular complexity index is 1340. The van der Waals surface area contributed by atoms with Crippen LogP contribution in [-0.2, 0) is 6.54 Å². The van der Waals surface area contributed by atoms with E-state index in [4.69, 9.17) is 21.1 Å². The Morgan fingerprint density at radius 2 is 1.71 bits per heavy atom. The Balaban J connectivity index is 1.54. The van der Waals surface area contributed by atoms with E-state index in [1.54, 1.807) is 42.5 Å². The first-order valence-corrected chi connectivity index (χ1v) is 11.0. The molecule has 0 atom stereocenters. The third-order valence-corrected chi connectivity index (χ3v) is 5.06. The van der Waals surface area contributed by atoms with Gasteiger partial charge in [0.15, 0.2) is 5.75 Å². The number of amides is 1. The maximum absolute atomic E-state index is 13.0. The molecule has 3 aromatic carbocycles. The van der Waals surface area contributed by atoms with Crippen molar-refractivity contribution in [3.63, 3.8) is 0 Å². The van der Waals surface area contributed by atoms with E-state index in [9.17, 15) is 9.59 Å². The molecule has 0 aliphatic rings. The molecular weight excluding hydrogens is 454 g/mol. The Morgan fingerprint density at radius 3 is 2.44 bits per heavy atom. The summed E-state index contributed by atoms with van der Waals surface area (Å²) in [4.78, 5) is 25.2. The largest absolute Gasteiger partial charge is 0.494 e. The van der Waals surface area contributed by atoms with Crippen LogP contribution < -0.4 is 20.3 Å². The van der Waals surface area contributed by atoms with Crippen LogP contribution in [0.4, 0.5) is 5.69 Å². The number of halogens is 1. The van der Waals surface area contributed by atoms with Crippen LogP contribution in [0.25, 0.3) is 0 Å². The van der Waals surface area contributed by atoms with Gasteiger partial charge in [0.05, 0.1) is 18.8 Å². The fraction of sp³-hybridized carbons (Fsp3) is 0.115. The minimum absolute atomic E-state index is 0.0857. The zero-order chi connectivity index (χ0) is 23.9. The van der Waals surface area contributed by atoms with Crippen LogP contribution in [0, 0.1) is 0 Å². The summed E-state index contributed by atoms with van der Waals surface area (Å²) in [6.45, 7) is 2.74. The van der Waals surface area contributed by atoms with Crippen LogP contribution in [0.2, 0.25) is 5.02 Å². The highest BCUT2D eigenvalue weighted by Gasteiger charge is 2.14. The van der Waals surface area contributed by atoms with Crippen molar-refractivity contribution in [1.29, 1.82) is 0 Å². The molecule has 1 amide bonds. The molecule has 172 valence electrons. The fourth-order valence-corrected chi connectivity index (χ4v) is 3.38. The third kappa shape index (κ3) is 5.82. The molecule has 8 heteroatoms. The number of carbonyl (C=O) groups excluding carboxylic acids is 1. The van der Waals surface area contributed by atoms with Gasteiger partial charge >= 0.3 is 0 Å². The molecule has 0 unspecified atom stereocenters. The molecule has 1 heterocycles. The molecule has 7 nitrogen and oxygen atoms in total. The summed E-state index contributed by atoms with van der Waals surface area (Å²) in [5, 5.41) is 7.44. The first-order valence-electron chi connectivity index (χ1n) is 10.7. The molecule has 34 heavy (non-hydrogen) atoms. The SMILES string of the molecule is CCOc1ccc(Oc2ccc(Cl)cc2NC(=O)c2ccc(=O)n(Cc3ccccc3)n2)cc1. The number of ether oxygens (including phenoxy) is 2. The van der Waals surface area contributed by atoms with Crippen molar-refractivity contribution in [2.45, 2.75) is 13.5 Å². The summed E-state index contributed by atoms with van der Waals surface area (Å²) < 4.78 is 12.6. The third-order valence-electron chi connectivity index (χ3n) is 4.83. The van der Waals surface area contributed by atoms with Gasteiger partial charge in [-0.3, -0.25) is 9.59 Å². The molecule has 0 aliphatic carbocycles. The van der Waals surface area contributed by atoms with E-state index in [0.29, 0.717) is 28.8 Å². The highest BCUT2D eigenvalue weighted by atomic mass is 35.5. The van der Waals surface area contributed by atoms with Gasteiger partial charge in [-0.2, -0.15) is 5.10 Å². The predicted octanol–water partition coefficient (Wildman–Crippen LogP) is 5.39. The number of carbonyl (C=O) groups is 1. The summed E-state index contributed by atoms with van der Waals surface area (Å²) >= 11 is 6.16. The average Bonchev–Trinajstić information content (AvgIpc) is 2.84. The zero-order valence-electron chi connectivity index (χ0n) is 18.4. The van der Waals surface area contributed by atoms with E-state index >= 15 is 0 Å². The monoisotopic (exact) mass is 475 g/mol. The minimum Gasteiger partial charge on any atom is -0.494 e. The van der Waals surface area contributed by atoms with Crippen LogP contribution in [0.1, 0.15) is 23.0 Å². The Kier molecular flexibility index (Phi) is 7.25. The number of rotatable bonds is 8. The van der Waals surface area contributed by atoms with E-state index in [1.807, 2.05) is 37.3 Å². The molecule has 4 rings (SSSR count). The van der Waals surface area contributed by atoms with Crippen molar-refractivity contribution in [1.82, 2.24) is 9.78 Å². The minimum atomic E-state index is -0.499. The van der Waals surface area contributed by atoms with Gasteiger partial charge in [-0.15, -0.1) is 0 Å².